The number of aromatic amines is 1. The van der Waals surface area contributed by atoms with Gasteiger partial charge >= 0.3 is 0 Å². The highest BCUT2D eigenvalue weighted by atomic mass is 79.9. The second-order valence-corrected chi connectivity index (χ2v) is 5.50. The average molecular weight is 343 g/mol. The van der Waals surface area contributed by atoms with E-state index >= 15 is 0 Å². The molecule has 0 saturated carbocycles. The number of para-hydroxylation sites is 1. The summed E-state index contributed by atoms with van der Waals surface area (Å²) in [4.78, 5) is 7.84. The van der Waals surface area contributed by atoms with Crippen LogP contribution in [0, 0.1) is 0 Å². The van der Waals surface area contributed by atoms with E-state index in [0.717, 1.165) is 32.9 Å². The van der Waals surface area contributed by atoms with E-state index in [9.17, 15) is 0 Å². The lowest BCUT2D eigenvalue weighted by molar-refractivity contribution is 0.341. The number of rotatable bonds is 4. The van der Waals surface area contributed by atoms with Gasteiger partial charge in [-0.15, -0.1) is 0 Å². The van der Waals surface area contributed by atoms with Crippen molar-refractivity contribution < 1.29 is 4.74 Å². The van der Waals surface area contributed by atoms with E-state index in [4.69, 9.17) is 4.74 Å². The Bertz CT molecular complexity index is 735. The molecule has 0 saturated heterocycles. The third-order valence-corrected chi connectivity index (χ3v) is 3.70. The van der Waals surface area contributed by atoms with E-state index in [-0.39, 0.29) is 0 Å². The minimum absolute atomic E-state index is 0.636. The number of hydrogen-bond donors (Lipinski definition) is 1. The molecule has 0 atom stereocenters. The van der Waals surface area contributed by atoms with Crippen LogP contribution in [-0.2, 0) is 0 Å². The number of halogens is 1. The Morgan fingerprint density at radius 1 is 1.10 bits per heavy atom. The van der Waals surface area contributed by atoms with Gasteiger partial charge in [-0.05, 0) is 36.8 Å². The van der Waals surface area contributed by atoms with Crippen molar-refractivity contribution in [2.75, 3.05) is 6.61 Å². The molecule has 1 aromatic heterocycles. The van der Waals surface area contributed by atoms with Crippen molar-refractivity contribution in [2.24, 2.45) is 0 Å². The molecule has 0 radical (unpaired) electrons. The van der Waals surface area contributed by atoms with Gasteiger partial charge in [-0.25, -0.2) is 4.98 Å². The van der Waals surface area contributed by atoms with Gasteiger partial charge in [-0.2, -0.15) is 0 Å². The zero-order valence-corrected chi connectivity index (χ0v) is 13.2. The first-order chi connectivity index (χ1) is 10.3. The van der Waals surface area contributed by atoms with Crippen LogP contribution in [0.3, 0.4) is 0 Å². The molecule has 3 rings (SSSR count). The minimum atomic E-state index is 0.636. The topological polar surface area (TPSA) is 37.9 Å². The Balaban J connectivity index is 1.97. The molecule has 0 amide bonds. The highest BCUT2D eigenvalue weighted by Gasteiger charge is 2.10. The molecule has 2 aromatic carbocycles. The van der Waals surface area contributed by atoms with Crippen LogP contribution in [0.25, 0.3) is 22.6 Å². The normalized spacial score (nSPS) is 10.6. The standard InChI is InChI=1S/C17H15BrN2O/c1-2-21-16-6-4-3-5-14(16)17-19-11-15(20-17)12-7-9-13(18)10-8-12/h3-11H,2H2,1H3,(H,19,20). The van der Waals surface area contributed by atoms with Crippen LogP contribution >= 0.6 is 15.9 Å². The summed E-state index contributed by atoms with van der Waals surface area (Å²) in [6, 6.07) is 16.1. The van der Waals surface area contributed by atoms with E-state index in [1.54, 1.807) is 0 Å². The van der Waals surface area contributed by atoms with E-state index in [2.05, 4.69) is 38.0 Å². The van der Waals surface area contributed by atoms with Gasteiger partial charge in [-0.3, -0.25) is 0 Å². The molecule has 1 heterocycles. The fourth-order valence-electron chi connectivity index (χ4n) is 2.18. The molecule has 0 aliphatic heterocycles. The molecule has 0 aliphatic carbocycles. The second-order valence-electron chi connectivity index (χ2n) is 4.58. The Hall–Kier alpha value is -2.07. The smallest absolute Gasteiger partial charge is 0.141 e. The largest absolute Gasteiger partial charge is 0.493 e. The average Bonchev–Trinajstić information content (AvgIpc) is 2.99. The van der Waals surface area contributed by atoms with Gasteiger partial charge in [-0.1, -0.05) is 40.2 Å². The summed E-state index contributed by atoms with van der Waals surface area (Å²) in [5.74, 6) is 1.66. The highest BCUT2D eigenvalue weighted by Crippen LogP contribution is 2.29. The fraction of sp³-hybridized carbons (Fsp3) is 0.118. The Labute approximate surface area is 132 Å². The van der Waals surface area contributed by atoms with E-state index < -0.39 is 0 Å². The number of nitrogens with one attached hydrogen (secondary N) is 1. The lowest BCUT2D eigenvalue weighted by Gasteiger charge is -2.07. The summed E-state index contributed by atoms with van der Waals surface area (Å²) >= 11 is 3.44. The lowest BCUT2D eigenvalue weighted by Crippen LogP contribution is -1.94. The SMILES string of the molecule is CCOc1ccccc1-c1ncc(-c2ccc(Br)cc2)[nH]1. The number of aromatic nitrogens is 2. The Morgan fingerprint density at radius 2 is 1.86 bits per heavy atom. The van der Waals surface area contributed by atoms with Crippen LogP contribution in [0.5, 0.6) is 5.75 Å². The molecule has 21 heavy (non-hydrogen) atoms. The lowest BCUT2D eigenvalue weighted by atomic mass is 10.2. The predicted molar refractivity (Wildman–Crippen MR) is 88.3 cm³/mol. The summed E-state index contributed by atoms with van der Waals surface area (Å²) in [6.07, 6.45) is 1.85. The molecule has 3 aromatic rings. The maximum absolute atomic E-state index is 5.66. The monoisotopic (exact) mass is 342 g/mol. The molecule has 0 unspecified atom stereocenters. The highest BCUT2D eigenvalue weighted by molar-refractivity contribution is 9.10. The maximum atomic E-state index is 5.66. The van der Waals surface area contributed by atoms with Crippen molar-refractivity contribution in [3.05, 3.63) is 59.2 Å². The van der Waals surface area contributed by atoms with Crippen molar-refractivity contribution in [3.63, 3.8) is 0 Å². The number of nitrogens with zero attached hydrogens (tertiary/aromatic N) is 1. The third-order valence-electron chi connectivity index (χ3n) is 3.17. The van der Waals surface area contributed by atoms with Crippen LogP contribution in [0.2, 0.25) is 0 Å². The summed E-state index contributed by atoms with van der Waals surface area (Å²) in [7, 11) is 0. The molecule has 4 heteroatoms. The van der Waals surface area contributed by atoms with Crippen LogP contribution in [0.15, 0.2) is 59.2 Å². The first-order valence-electron chi connectivity index (χ1n) is 6.81. The number of hydrogen-bond acceptors (Lipinski definition) is 2. The molecule has 0 aliphatic rings. The number of ether oxygens (including phenoxy) is 1. The predicted octanol–water partition coefficient (Wildman–Crippen LogP) is 4.90. The summed E-state index contributed by atoms with van der Waals surface area (Å²) in [5.41, 5.74) is 3.07. The van der Waals surface area contributed by atoms with Gasteiger partial charge in [0.25, 0.3) is 0 Å². The number of H-pyrrole nitrogens is 1. The number of benzene rings is 2. The first-order valence-corrected chi connectivity index (χ1v) is 7.60. The summed E-state index contributed by atoms with van der Waals surface area (Å²) in [5, 5.41) is 0. The van der Waals surface area contributed by atoms with Gasteiger partial charge < -0.3 is 9.72 Å². The summed E-state index contributed by atoms with van der Waals surface area (Å²) < 4.78 is 6.72. The van der Waals surface area contributed by atoms with Gasteiger partial charge in [0.1, 0.15) is 11.6 Å². The zero-order chi connectivity index (χ0) is 14.7. The van der Waals surface area contributed by atoms with Gasteiger partial charge in [0, 0.05) is 4.47 Å². The molecule has 0 bridgehead atoms. The molecular weight excluding hydrogens is 328 g/mol. The van der Waals surface area contributed by atoms with Gasteiger partial charge in [0.2, 0.25) is 0 Å². The maximum Gasteiger partial charge on any atom is 0.141 e. The van der Waals surface area contributed by atoms with E-state index in [1.165, 1.54) is 0 Å². The van der Waals surface area contributed by atoms with Crippen LogP contribution in [0.4, 0.5) is 0 Å². The van der Waals surface area contributed by atoms with Gasteiger partial charge in [0.05, 0.1) is 24.1 Å². The van der Waals surface area contributed by atoms with Crippen molar-refractivity contribution in [2.45, 2.75) is 6.92 Å². The zero-order valence-electron chi connectivity index (χ0n) is 11.6. The first kappa shape index (κ1) is 13.9. The van der Waals surface area contributed by atoms with Crippen molar-refractivity contribution in [1.29, 1.82) is 0 Å². The quantitative estimate of drug-likeness (QED) is 0.731. The van der Waals surface area contributed by atoms with Crippen LogP contribution in [-0.4, -0.2) is 16.6 Å². The molecule has 0 spiro atoms. The van der Waals surface area contributed by atoms with Crippen molar-refractivity contribution in [3.8, 4) is 28.4 Å². The number of imidazole rings is 1. The molecule has 3 nitrogen and oxygen atoms in total. The van der Waals surface area contributed by atoms with Crippen LogP contribution in [0.1, 0.15) is 6.92 Å². The van der Waals surface area contributed by atoms with Crippen LogP contribution < -0.4 is 4.74 Å². The Kier molecular flexibility index (Phi) is 4.06. The van der Waals surface area contributed by atoms with E-state index in [1.807, 2.05) is 49.5 Å². The Morgan fingerprint density at radius 3 is 2.62 bits per heavy atom. The second kappa shape index (κ2) is 6.14. The fourth-order valence-corrected chi connectivity index (χ4v) is 2.44. The minimum Gasteiger partial charge on any atom is -0.493 e. The molecule has 106 valence electrons. The molecule has 1 N–H and O–H groups in total. The molecule has 0 fully saturated rings. The molecular formula is C17H15BrN2O. The van der Waals surface area contributed by atoms with Crippen molar-refractivity contribution in [1.82, 2.24) is 9.97 Å². The van der Waals surface area contributed by atoms with E-state index in [0.29, 0.717) is 6.61 Å². The summed E-state index contributed by atoms with van der Waals surface area (Å²) in [6.45, 7) is 2.61. The third kappa shape index (κ3) is 3.00. The van der Waals surface area contributed by atoms with Crippen molar-refractivity contribution >= 4 is 15.9 Å². The van der Waals surface area contributed by atoms with Gasteiger partial charge in [0.15, 0.2) is 0 Å².